The van der Waals surface area contributed by atoms with Gasteiger partial charge in [-0.15, -0.1) is 0 Å². The lowest BCUT2D eigenvalue weighted by Gasteiger charge is -2.16. The van der Waals surface area contributed by atoms with E-state index in [-0.39, 0.29) is 8.89 Å². The van der Waals surface area contributed by atoms with Gasteiger partial charge in [-0.1, -0.05) is 59.4 Å². The molecular weight excluding hydrogens is 469 g/mol. The molecule has 0 amide bonds. The van der Waals surface area contributed by atoms with Crippen molar-refractivity contribution >= 4 is 76.0 Å². The molecule has 2 rings (SSSR count). The number of carbonyl (C=O) groups is 2. The fourth-order valence-electron chi connectivity index (χ4n) is 2.89. The van der Waals surface area contributed by atoms with E-state index >= 15 is 0 Å². The van der Waals surface area contributed by atoms with Gasteiger partial charge in [0.05, 0.1) is 0 Å². The predicted molar refractivity (Wildman–Crippen MR) is 135 cm³/mol. The quantitative estimate of drug-likeness (QED) is 0.145. The number of carbonyl (C=O) groups excluding carboxylic acids is 2. The van der Waals surface area contributed by atoms with Crippen molar-refractivity contribution in [3.63, 3.8) is 0 Å². The fourth-order valence-corrected chi connectivity index (χ4v) is 8.69. The first kappa shape index (κ1) is 25.4. The number of hydrogen-bond donors (Lipinski definition) is 0. The molecule has 2 saturated heterocycles. The van der Waals surface area contributed by atoms with Crippen LogP contribution in [0.5, 0.6) is 0 Å². The summed E-state index contributed by atoms with van der Waals surface area (Å²) in [5, 5.41) is 0. The van der Waals surface area contributed by atoms with Crippen LogP contribution in [0.4, 0.5) is 9.59 Å². The third-order valence-corrected chi connectivity index (χ3v) is 11.0. The van der Waals surface area contributed by atoms with Gasteiger partial charge in [-0.3, -0.25) is 9.59 Å². The first-order valence-corrected chi connectivity index (χ1v) is 16.1. The Labute approximate surface area is 194 Å². The smallest absolute Gasteiger partial charge is 0.271 e. The molecule has 2 fully saturated rings. The Morgan fingerprint density at radius 3 is 1.32 bits per heavy atom. The summed E-state index contributed by atoms with van der Waals surface area (Å²) in [6, 6.07) is 0. The summed E-state index contributed by atoms with van der Waals surface area (Å²) in [5.74, 6) is 1.64. The molecule has 0 aromatic carbocycles. The molecule has 0 saturated carbocycles. The topological polar surface area (TPSA) is 40.6 Å². The van der Waals surface area contributed by atoms with Crippen LogP contribution < -0.4 is 0 Å². The Bertz CT molecular complexity index is 437. The Hall–Kier alpha value is 1.10. The molecular formula is C18H30N2O2S6. The first-order chi connectivity index (χ1) is 13.7. The average Bonchev–Trinajstić information content (AvgIpc) is 3.09. The second kappa shape index (κ2) is 16.8. The molecule has 0 radical (unpaired) electrons. The zero-order chi connectivity index (χ0) is 19.9. The van der Waals surface area contributed by atoms with E-state index in [9.17, 15) is 9.59 Å². The van der Waals surface area contributed by atoms with Crippen LogP contribution in [0.1, 0.15) is 51.4 Å². The molecule has 0 aliphatic carbocycles. The van der Waals surface area contributed by atoms with Crippen LogP contribution in [0.3, 0.4) is 0 Å². The summed E-state index contributed by atoms with van der Waals surface area (Å²) < 4.78 is 4.79. The van der Waals surface area contributed by atoms with Crippen molar-refractivity contribution in [2.24, 2.45) is 0 Å². The second-order valence-electron chi connectivity index (χ2n) is 6.58. The summed E-state index contributed by atoms with van der Waals surface area (Å²) in [7, 11) is 5.85. The largest absolute Gasteiger partial charge is 0.272 e. The van der Waals surface area contributed by atoms with Crippen LogP contribution in [-0.4, -0.2) is 55.2 Å². The Morgan fingerprint density at radius 1 is 0.607 bits per heavy atom. The monoisotopic (exact) mass is 498 g/mol. The maximum atomic E-state index is 12.0. The van der Waals surface area contributed by atoms with E-state index in [2.05, 4.69) is 20.8 Å². The van der Waals surface area contributed by atoms with Gasteiger partial charge in [0.25, 0.3) is 8.89 Å². The summed E-state index contributed by atoms with van der Waals surface area (Å²) >= 11 is 2.77. The van der Waals surface area contributed by atoms with Crippen molar-refractivity contribution in [3.05, 3.63) is 12.2 Å². The van der Waals surface area contributed by atoms with E-state index in [0.717, 1.165) is 37.7 Å². The zero-order valence-electron chi connectivity index (χ0n) is 16.2. The molecule has 4 nitrogen and oxygen atoms in total. The molecule has 0 aromatic rings. The highest BCUT2D eigenvalue weighted by Crippen LogP contribution is 2.33. The van der Waals surface area contributed by atoms with Gasteiger partial charge < -0.3 is 0 Å². The minimum Gasteiger partial charge on any atom is -0.272 e. The van der Waals surface area contributed by atoms with Crippen LogP contribution in [-0.2, 0) is 0 Å². The maximum absolute atomic E-state index is 12.0. The van der Waals surface area contributed by atoms with Gasteiger partial charge in [0.1, 0.15) is 0 Å². The third kappa shape index (κ3) is 12.7. The first-order valence-electron chi connectivity index (χ1n) is 9.92. The van der Waals surface area contributed by atoms with Crippen LogP contribution in [0.25, 0.3) is 0 Å². The van der Waals surface area contributed by atoms with E-state index in [1.165, 1.54) is 96.9 Å². The lowest BCUT2D eigenvalue weighted by atomic mass is 10.2. The van der Waals surface area contributed by atoms with Gasteiger partial charge in [-0.05, 0) is 47.3 Å². The molecule has 0 N–H and O–H groups in total. The van der Waals surface area contributed by atoms with Crippen LogP contribution in [0, 0.1) is 0 Å². The van der Waals surface area contributed by atoms with Crippen molar-refractivity contribution in [2.75, 3.05) is 37.7 Å². The van der Waals surface area contributed by atoms with Gasteiger partial charge in [0.2, 0.25) is 0 Å². The molecule has 160 valence electrons. The SMILES string of the molecule is O=C(SSC/C=C/CSSC(=O)SN1CCCCCC1)SN1CCCCCC1. The molecule has 0 atom stereocenters. The molecule has 0 spiro atoms. The summed E-state index contributed by atoms with van der Waals surface area (Å²) in [4.78, 5) is 24.0. The van der Waals surface area contributed by atoms with E-state index in [4.69, 9.17) is 0 Å². The Kier molecular flexibility index (Phi) is 15.2. The van der Waals surface area contributed by atoms with Crippen molar-refractivity contribution < 1.29 is 9.59 Å². The fraction of sp³-hybridized carbons (Fsp3) is 0.778. The Balaban J connectivity index is 1.44. The van der Waals surface area contributed by atoms with E-state index in [0.29, 0.717) is 0 Å². The van der Waals surface area contributed by atoms with Crippen molar-refractivity contribution in [1.29, 1.82) is 0 Å². The van der Waals surface area contributed by atoms with Crippen molar-refractivity contribution in [2.45, 2.75) is 51.4 Å². The highest BCUT2D eigenvalue weighted by molar-refractivity contribution is 8.86. The van der Waals surface area contributed by atoms with Gasteiger partial charge in [-0.2, -0.15) is 0 Å². The standard InChI is InChI=1S/C18H30N2O2S6/c21-17(25-19-11-5-1-2-6-12-19)27-23-15-9-10-16-24-28-18(22)26-20-13-7-3-4-8-14-20/h9-10H,1-8,11-16H2/b10-9+. The summed E-state index contributed by atoms with van der Waals surface area (Å²) in [6.07, 6.45) is 14.1. The molecule has 2 heterocycles. The van der Waals surface area contributed by atoms with E-state index < -0.39 is 0 Å². The van der Waals surface area contributed by atoms with Crippen molar-refractivity contribution in [1.82, 2.24) is 8.61 Å². The molecule has 0 aromatic heterocycles. The molecule has 2 aliphatic rings. The van der Waals surface area contributed by atoms with Gasteiger partial charge in [-0.25, -0.2) is 8.61 Å². The average molecular weight is 499 g/mol. The minimum absolute atomic E-state index is 0.182. The van der Waals surface area contributed by atoms with Crippen molar-refractivity contribution in [3.8, 4) is 0 Å². The third-order valence-electron chi connectivity index (χ3n) is 4.29. The Morgan fingerprint density at radius 2 is 0.964 bits per heavy atom. The summed E-state index contributed by atoms with van der Waals surface area (Å²) in [5.41, 5.74) is 0. The normalized spacial score (nSPS) is 20.1. The lowest BCUT2D eigenvalue weighted by molar-refractivity contribution is 0.275. The van der Waals surface area contributed by atoms with E-state index in [1.54, 1.807) is 21.6 Å². The number of hydrogen-bond acceptors (Lipinski definition) is 10. The minimum atomic E-state index is 0.182. The van der Waals surface area contributed by atoms with Gasteiger partial charge >= 0.3 is 0 Å². The molecule has 10 heteroatoms. The van der Waals surface area contributed by atoms with E-state index in [1.807, 2.05) is 0 Å². The molecule has 2 aliphatic heterocycles. The molecule has 0 unspecified atom stereocenters. The van der Waals surface area contributed by atoms with Gasteiger partial charge in [0.15, 0.2) is 0 Å². The maximum Gasteiger partial charge on any atom is 0.271 e. The second-order valence-corrected chi connectivity index (χ2v) is 13.9. The number of rotatable bonds is 8. The summed E-state index contributed by atoms with van der Waals surface area (Å²) in [6.45, 7) is 4.13. The van der Waals surface area contributed by atoms with Crippen LogP contribution in [0.2, 0.25) is 0 Å². The molecule has 0 bridgehead atoms. The van der Waals surface area contributed by atoms with Crippen LogP contribution in [0.15, 0.2) is 12.2 Å². The highest BCUT2D eigenvalue weighted by atomic mass is 33.1. The molecule has 28 heavy (non-hydrogen) atoms. The van der Waals surface area contributed by atoms with Gasteiger partial charge in [0, 0.05) is 61.6 Å². The number of nitrogens with zero attached hydrogens (tertiary/aromatic N) is 2. The highest BCUT2D eigenvalue weighted by Gasteiger charge is 2.15. The predicted octanol–water partition coefficient (Wildman–Crippen LogP) is 7.59. The van der Waals surface area contributed by atoms with Crippen LogP contribution >= 0.6 is 67.1 Å². The lowest BCUT2D eigenvalue weighted by Crippen LogP contribution is -2.17. The zero-order valence-corrected chi connectivity index (χ0v) is 21.1.